The van der Waals surface area contributed by atoms with E-state index < -0.39 is 12.1 Å². The fourth-order valence-electron chi connectivity index (χ4n) is 4.02. The SMILES string of the molecule is CC(C)(Cc1ccc2ccccc2c1)NC[C@@H](O)COc1cccc(CCCC(=O)O)c1C#N.[Na]. The summed E-state index contributed by atoms with van der Waals surface area (Å²) in [5, 5.41) is 34.7. The van der Waals surface area contributed by atoms with Crippen molar-refractivity contribution in [3.8, 4) is 11.8 Å². The molecule has 3 rings (SSSR count). The van der Waals surface area contributed by atoms with Crippen LogP contribution in [0.3, 0.4) is 0 Å². The fourth-order valence-corrected chi connectivity index (χ4v) is 4.02. The summed E-state index contributed by atoms with van der Waals surface area (Å²) in [6, 6.07) is 22.2. The minimum Gasteiger partial charge on any atom is -0.489 e. The molecule has 7 heteroatoms. The zero-order valence-electron chi connectivity index (χ0n) is 20.8. The third kappa shape index (κ3) is 8.96. The van der Waals surface area contributed by atoms with E-state index in [1.807, 2.05) is 12.1 Å². The summed E-state index contributed by atoms with van der Waals surface area (Å²) < 4.78 is 5.76. The Balaban J connectivity index is 0.00000432. The Hall–Kier alpha value is -2.40. The zero-order valence-corrected chi connectivity index (χ0v) is 22.8. The maximum atomic E-state index is 10.8. The average molecular weight is 484 g/mol. The number of nitriles is 1. The molecule has 1 atom stereocenters. The largest absolute Gasteiger partial charge is 0.489 e. The van der Waals surface area contributed by atoms with Gasteiger partial charge in [-0.15, -0.1) is 0 Å². The molecule has 3 aromatic carbocycles. The van der Waals surface area contributed by atoms with Crippen molar-refractivity contribution < 1.29 is 19.7 Å². The van der Waals surface area contributed by atoms with Crippen molar-refractivity contribution in [1.82, 2.24) is 5.32 Å². The molecule has 6 nitrogen and oxygen atoms in total. The number of benzene rings is 3. The third-order valence-electron chi connectivity index (χ3n) is 5.77. The fraction of sp³-hybridized carbons (Fsp3) is 0.357. The van der Waals surface area contributed by atoms with Crippen molar-refractivity contribution in [3.63, 3.8) is 0 Å². The number of carboxylic acids is 1. The normalized spacial score (nSPS) is 11.9. The molecule has 0 bridgehead atoms. The molecule has 0 heterocycles. The van der Waals surface area contributed by atoms with Gasteiger partial charge < -0.3 is 20.3 Å². The molecular formula is C28H32N2NaO4. The number of β-amino-alcohol motifs (C(OH)–C–C–N with tert-alkyl or cyclic N) is 1. The van der Waals surface area contributed by atoms with Crippen LogP contribution in [0.5, 0.6) is 5.75 Å². The van der Waals surface area contributed by atoms with Gasteiger partial charge in [-0.1, -0.05) is 54.6 Å². The van der Waals surface area contributed by atoms with Crippen LogP contribution in [0.4, 0.5) is 0 Å². The quantitative estimate of drug-likeness (QED) is 0.336. The summed E-state index contributed by atoms with van der Waals surface area (Å²) in [7, 11) is 0. The monoisotopic (exact) mass is 483 g/mol. The van der Waals surface area contributed by atoms with E-state index in [0.717, 1.165) is 12.0 Å². The first-order valence-corrected chi connectivity index (χ1v) is 11.5. The Morgan fingerprint density at radius 2 is 1.86 bits per heavy atom. The van der Waals surface area contributed by atoms with Gasteiger partial charge in [-0.3, -0.25) is 4.79 Å². The summed E-state index contributed by atoms with van der Waals surface area (Å²) in [4.78, 5) is 10.8. The molecule has 1 radical (unpaired) electrons. The topological polar surface area (TPSA) is 103 Å². The number of hydrogen-bond acceptors (Lipinski definition) is 5. The van der Waals surface area contributed by atoms with E-state index in [0.29, 0.717) is 30.7 Å². The Labute approximate surface area is 229 Å². The van der Waals surface area contributed by atoms with E-state index in [-0.39, 0.29) is 48.1 Å². The second kappa shape index (κ2) is 13.6. The van der Waals surface area contributed by atoms with Crippen LogP contribution >= 0.6 is 0 Å². The molecule has 0 unspecified atom stereocenters. The molecule has 0 spiro atoms. The minimum absolute atomic E-state index is 0. The number of nitrogens with zero attached hydrogens (tertiary/aromatic N) is 1. The van der Waals surface area contributed by atoms with Crippen LogP contribution in [0.2, 0.25) is 0 Å². The third-order valence-corrected chi connectivity index (χ3v) is 5.77. The molecular weight excluding hydrogens is 451 g/mol. The summed E-state index contributed by atoms with van der Waals surface area (Å²) in [5.74, 6) is -0.449. The number of ether oxygens (including phenoxy) is 1. The van der Waals surface area contributed by atoms with E-state index in [2.05, 4.69) is 55.6 Å². The van der Waals surface area contributed by atoms with Gasteiger partial charge in [-0.05, 0) is 61.1 Å². The van der Waals surface area contributed by atoms with Gasteiger partial charge in [-0.25, -0.2) is 0 Å². The van der Waals surface area contributed by atoms with Crippen molar-refractivity contribution >= 4 is 46.3 Å². The van der Waals surface area contributed by atoms with Gasteiger partial charge in [0.2, 0.25) is 0 Å². The molecule has 0 aliphatic heterocycles. The predicted octanol–water partition coefficient (Wildman–Crippen LogP) is 4.09. The van der Waals surface area contributed by atoms with Crippen LogP contribution in [0.15, 0.2) is 60.7 Å². The molecule has 0 aliphatic carbocycles. The smallest absolute Gasteiger partial charge is 0.303 e. The second-order valence-electron chi connectivity index (χ2n) is 9.24. The molecule has 0 aliphatic rings. The Kier molecular flexibility index (Phi) is 11.2. The maximum absolute atomic E-state index is 10.8. The number of aryl methyl sites for hydroxylation is 1. The van der Waals surface area contributed by atoms with Crippen LogP contribution in [0, 0.1) is 11.3 Å². The van der Waals surface area contributed by atoms with Crippen molar-refractivity contribution in [1.29, 1.82) is 5.26 Å². The maximum Gasteiger partial charge on any atom is 0.303 e. The van der Waals surface area contributed by atoms with Crippen molar-refractivity contribution in [3.05, 3.63) is 77.4 Å². The number of aliphatic hydroxyl groups is 1. The average Bonchev–Trinajstić information content (AvgIpc) is 2.81. The predicted molar refractivity (Wildman–Crippen MR) is 139 cm³/mol. The van der Waals surface area contributed by atoms with Crippen LogP contribution in [-0.4, -0.2) is 70.5 Å². The molecule has 3 aromatic rings. The molecule has 0 saturated carbocycles. The number of carbonyl (C=O) groups is 1. The minimum atomic E-state index is -0.856. The summed E-state index contributed by atoms with van der Waals surface area (Å²) >= 11 is 0. The Morgan fingerprint density at radius 3 is 2.57 bits per heavy atom. The molecule has 3 N–H and O–H groups in total. The van der Waals surface area contributed by atoms with Crippen LogP contribution in [-0.2, 0) is 17.6 Å². The van der Waals surface area contributed by atoms with Gasteiger partial charge in [0, 0.05) is 48.1 Å². The molecule has 0 saturated heterocycles. The van der Waals surface area contributed by atoms with Gasteiger partial charge in [0.25, 0.3) is 0 Å². The van der Waals surface area contributed by atoms with E-state index in [1.165, 1.54) is 16.3 Å². The van der Waals surface area contributed by atoms with E-state index in [1.54, 1.807) is 18.2 Å². The van der Waals surface area contributed by atoms with Crippen molar-refractivity contribution in [2.45, 2.75) is 51.2 Å². The number of fused-ring (bicyclic) bond motifs is 1. The zero-order chi connectivity index (χ0) is 24.6. The number of rotatable bonds is 12. The van der Waals surface area contributed by atoms with E-state index in [9.17, 15) is 15.2 Å². The van der Waals surface area contributed by atoms with Gasteiger partial charge in [0.1, 0.15) is 24.5 Å². The first-order valence-electron chi connectivity index (χ1n) is 11.5. The second-order valence-corrected chi connectivity index (χ2v) is 9.24. The Morgan fingerprint density at radius 1 is 1.11 bits per heavy atom. The van der Waals surface area contributed by atoms with Crippen molar-refractivity contribution in [2.75, 3.05) is 13.2 Å². The molecule has 0 fully saturated rings. The molecule has 0 amide bonds. The number of aliphatic carboxylic acids is 1. The van der Waals surface area contributed by atoms with Crippen molar-refractivity contribution in [2.24, 2.45) is 0 Å². The van der Waals surface area contributed by atoms with Crippen LogP contribution in [0.25, 0.3) is 10.8 Å². The first-order chi connectivity index (χ1) is 16.3. The van der Waals surface area contributed by atoms with Gasteiger partial charge in [0.05, 0.1) is 5.56 Å². The number of hydrogen-bond donors (Lipinski definition) is 3. The van der Waals surface area contributed by atoms with E-state index in [4.69, 9.17) is 9.84 Å². The first kappa shape index (κ1) is 28.8. The summed E-state index contributed by atoms with van der Waals surface area (Å²) in [6.07, 6.45) is 1.04. The molecule has 179 valence electrons. The summed E-state index contributed by atoms with van der Waals surface area (Å²) in [5.41, 5.74) is 2.14. The van der Waals surface area contributed by atoms with E-state index >= 15 is 0 Å². The van der Waals surface area contributed by atoms with Gasteiger partial charge in [-0.2, -0.15) is 5.26 Å². The number of aliphatic hydroxyl groups excluding tert-OH is 1. The molecule has 35 heavy (non-hydrogen) atoms. The molecule has 0 aromatic heterocycles. The number of nitrogens with one attached hydrogen (secondary N) is 1. The van der Waals surface area contributed by atoms with Crippen LogP contribution in [0.1, 0.15) is 43.4 Å². The number of carboxylic acid groups (broad SMARTS) is 1. The standard InChI is InChI=1S/C28H32N2O4.Na/c1-28(2,16-20-13-14-21-7-3-4-8-23(21)15-20)30-18-24(31)19-34-26-11-5-9-22(25(26)17-29)10-6-12-27(32)33;/h3-5,7-9,11,13-15,24,30-31H,6,10,12,16,18-19H2,1-2H3,(H,32,33);/t24-;/m1./s1. The summed E-state index contributed by atoms with van der Waals surface area (Å²) in [6.45, 7) is 4.60. The van der Waals surface area contributed by atoms with Gasteiger partial charge in [0.15, 0.2) is 0 Å². The Bertz CT molecular complexity index is 1170. The van der Waals surface area contributed by atoms with Crippen LogP contribution < -0.4 is 10.1 Å². The van der Waals surface area contributed by atoms with Gasteiger partial charge >= 0.3 is 5.97 Å².